The maximum atomic E-state index is 12.5. The number of para-hydroxylation sites is 1. The third kappa shape index (κ3) is 4.86. The summed E-state index contributed by atoms with van der Waals surface area (Å²) >= 11 is 1.48. The fraction of sp³-hybridized carbons (Fsp3) is 0.238. The van der Waals surface area contributed by atoms with Crippen molar-refractivity contribution in [2.75, 3.05) is 5.32 Å². The first-order valence-electron chi connectivity index (χ1n) is 8.80. The van der Waals surface area contributed by atoms with Crippen molar-refractivity contribution in [3.8, 4) is 0 Å². The molecule has 0 aliphatic heterocycles. The van der Waals surface area contributed by atoms with Gasteiger partial charge in [0, 0.05) is 29.0 Å². The van der Waals surface area contributed by atoms with Gasteiger partial charge < -0.3 is 5.32 Å². The zero-order valence-corrected chi connectivity index (χ0v) is 16.4. The van der Waals surface area contributed by atoms with Crippen LogP contribution in [0.25, 0.3) is 0 Å². The number of amides is 1. The number of thioether (sulfide) groups is 1. The van der Waals surface area contributed by atoms with Gasteiger partial charge in [0.15, 0.2) is 5.78 Å². The van der Waals surface area contributed by atoms with Crippen LogP contribution in [0.1, 0.15) is 37.0 Å². The first-order chi connectivity index (χ1) is 13.2. The molecule has 0 heterocycles. The number of carbonyl (C=O) groups is 2. The SMILES string of the molecule is CC1(C)CC(=O)C=C(Sc2ccccc2NC(=O)c2ccc([N+](=O)[O-])cc2)C1. The number of nitrogens with one attached hydrogen (secondary N) is 1. The van der Waals surface area contributed by atoms with Crippen LogP contribution in [0.4, 0.5) is 11.4 Å². The molecule has 1 amide bonds. The molecule has 28 heavy (non-hydrogen) atoms. The monoisotopic (exact) mass is 396 g/mol. The summed E-state index contributed by atoms with van der Waals surface area (Å²) < 4.78 is 0. The van der Waals surface area contributed by atoms with E-state index in [2.05, 4.69) is 19.2 Å². The van der Waals surface area contributed by atoms with Crippen molar-refractivity contribution >= 4 is 34.8 Å². The van der Waals surface area contributed by atoms with E-state index in [4.69, 9.17) is 0 Å². The zero-order chi connectivity index (χ0) is 20.3. The van der Waals surface area contributed by atoms with Gasteiger partial charge in [-0.3, -0.25) is 19.7 Å². The zero-order valence-electron chi connectivity index (χ0n) is 15.6. The van der Waals surface area contributed by atoms with E-state index in [-0.39, 0.29) is 22.8 Å². The van der Waals surface area contributed by atoms with Gasteiger partial charge in [0.05, 0.1) is 10.6 Å². The number of allylic oxidation sites excluding steroid dienone is 2. The van der Waals surface area contributed by atoms with Crippen LogP contribution in [0, 0.1) is 15.5 Å². The summed E-state index contributed by atoms with van der Waals surface area (Å²) in [7, 11) is 0. The highest BCUT2D eigenvalue weighted by atomic mass is 32.2. The summed E-state index contributed by atoms with van der Waals surface area (Å²) in [6.45, 7) is 4.14. The van der Waals surface area contributed by atoms with E-state index in [0.29, 0.717) is 17.7 Å². The first kappa shape index (κ1) is 19.8. The van der Waals surface area contributed by atoms with Gasteiger partial charge in [0.25, 0.3) is 11.6 Å². The van der Waals surface area contributed by atoms with E-state index in [1.54, 1.807) is 12.1 Å². The molecule has 0 saturated carbocycles. The Labute approximate surface area is 167 Å². The van der Waals surface area contributed by atoms with Crippen molar-refractivity contribution in [1.29, 1.82) is 0 Å². The highest BCUT2D eigenvalue weighted by molar-refractivity contribution is 8.03. The van der Waals surface area contributed by atoms with E-state index in [0.717, 1.165) is 16.2 Å². The van der Waals surface area contributed by atoms with E-state index >= 15 is 0 Å². The van der Waals surface area contributed by atoms with Gasteiger partial charge in [-0.25, -0.2) is 0 Å². The topological polar surface area (TPSA) is 89.3 Å². The van der Waals surface area contributed by atoms with Gasteiger partial charge in [0.1, 0.15) is 0 Å². The van der Waals surface area contributed by atoms with E-state index < -0.39 is 4.92 Å². The molecule has 7 heteroatoms. The van der Waals surface area contributed by atoms with Gasteiger partial charge in [0.2, 0.25) is 0 Å². The summed E-state index contributed by atoms with van der Waals surface area (Å²) in [6.07, 6.45) is 3.02. The second-order valence-electron chi connectivity index (χ2n) is 7.45. The molecule has 144 valence electrons. The third-order valence-electron chi connectivity index (χ3n) is 4.34. The van der Waals surface area contributed by atoms with Crippen LogP contribution in [0.15, 0.2) is 64.4 Å². The maximum Gasteiger partial charge on any atom is 0.269 e. The highest BCUT2D eigenvalue weighted by Crippen LogP contribution is 2.43. The average Bonchev–Trinajstić information content (AvgIpc) is 2.61. The molecule has 0 radical (unpaired) electrons. The molecule has 0 fully saturated rings. The van der Waals surface area contributed by atoms with Crippen molar-refractivity contribution in [2.24, 2.45) is 5.41 Å². The van der Waals surface area contributed by atoms with Gasteiger partial charge in [-0.1, -0.05) is 37.7 Å². The van der Waals surface area contributed by atoms with Gasteiger partial charge >= 0.3 is 0 Å². The highest BCUT2D eigenvalue weighted by Gasteiger charge is 2.28. The minimum atomic E-state index is -0.506. The summed E-state index contributed by atoms with van der Waals surface area (Å²) in [6, 6.07) is 12.8. The smallest absolute Gasteiger partial charge is 0.269 e. The Morgan fingerprint density at radius 1 is 1.11 bits per heavy atom. The Morgan fingerprint density at radius 3 is 2.43 bits per heavy atom. The molecule has 1 aliphatic rings. The number of benzene rings is 2. The molecule has 2 aromatic rings. The molecular weight excluding hydrogens is 376 g/mol. The molecule has 1 N–H and O–H groups in total. The lowest BCUT2D eigenvalue weighted by Gasteiger charge is -2.28. The average molecular weight is 396 g/mol. The van der Waals surface area contributed by atoms with Crippen molar-refractivity contribution in [3.63, 3.8) is 0 Å². The Morgan fingerprint density at radius 2 is 1.79 bits per heavy atom. The van der Waals surface area contributed by atoms with Gasteiger partial charge in [-0.15, -0.1) is 0 Å². The Hall–Kier alpha value is -2.93. The number of hydrogen-bond acceptors (Lipinski definition) is 5. The number of non-ortho nitro benzene ring substituents is 1. The Balaban J connectivity index is 1.78. The summed E-state index contributed by atoms with van der Waals surface area (Å²) in [5.41, 5.74) is 0.820. The quantitative estimate of drug-likeness (QED) is 0.553. The van der Waals surface area contributed by atoms with Crippen molar-refractivity contribution in [3.05, 3.63) is 75.2 Å². The van der Waals surface area contributed by atoms with Crippen LogP contribution >= 0.6 is 11.8 Å². The lowest BCUT2D eigenvalue weighted by atomic mass is 9.80. The summed E-state index contributed by atoms with van der Waals surface area (Å²) in [5, 5.41) is 13.6. The number of nitrogens with zero attached hydrogens (tertiary/aromatic N) is 1. The minimum Gasteiger partial charge on any atom is -0.321 e. The van der Waals surface area contributed by atoms with E-state index in [1.807, 2.05) is 18.2 Å². The van der Waals surface area contributed by atoms with Crippen LogP contribution in [0.3, 0.4) is 0 Å². The van der Waals surface area contributed by atoms with Crippen molar-refractivity contribution in [1.82, 2.24) is 0 Å². The van der Waals surface area contributed by atoms with Gasteiger partial charge in [-0.05, 0) is 47.1 Å². The fourth-order valence-corrected chi connectivity index (χ4v) is 4.39. The van der Waals surface area contributed by atoms with E-state index in [9.17, 15) is 19.7 Å². The van der Waals surface area contributed by atoms with E-state index in [1.165, 1.54) is 36.0 Å². The van der Waals surface area contributed by atoms with Gasteiger partial charge in [-0.2, -0.15) is 0 Å². The molecule has 0 bridgehead atoms. The van der Waals surface area contributed by atoms with Crippen LogP contribution < -0.4 is 5.32 Å². The predicted molar refractivity (Wildman–Crippen MR) is 109 cm³/mol. The number of nitro benzene ring substituents is 1. The normalized spacial score (nSPS) is 15.6. The second kappa shape index (κ2) is 7.98. The molecule has 2 aromatic carbocycles. The molecule has 0 unspecified atom stereocenters. The lowest BCUT2D eigenvalue weighted by molar-refractivity contribution is -0.384. The lowest BCUT2D eigenvalue weighted by Crippen LogP contribution is -2.21. The second-order valence-corrected chi connectivity index (χ2v) is 8.62. The minimum absolute atomic E-state index is 0.0657. The molecule has 1 aliphatic carbocycles. The molecule has 6 nitrogen and oxygen atoms in total. The Kier molecular flexibility index (Phi) is 5.65. The van der Waals surface area contributed by atoms with Crippen molar-refractivity contribution < 1.29 is 14.5 Å². The molecule has 0 saturated heterocycles. The number of hydrogen-bond donors (Lipinski definition) is 1. The third-order valence-corrected chi connectivity index (χ3v) is 5.44. The van der Waals surface area contributed by atoms with Crippen LogP contribution in [0.2, 0.25) is 0 Å². The number of nitro groups is 1. The standard InChI is InChI=1S/C21H20N2O4S/c1-21(2)12-16(24)11-17(13-21)28-19-6-4-3-5-18(19)22-20(25)14-7-9-15(10-8-14)23(26)27/h3-11H,12-13H2,1-2H3,(H,22,25). The summed E-state index contributed by atoms with van der Waals surface area (Å²) in [4.78, 5) is 36.6. The molecule has 0 atom stereocenters. The molecular formula is C21H20N2O4S. The predicted octanol–water partition coefficient (Wildman–Crippen LogP) is 5.21. The summed E-state index contributed by atoms with van der Waals surface area (Å²) in [5.74, 6) is -0.233. The number of carbonyl (C=O) groups excluding carboxylic acids is 2. The van der Waals surface area contributed by atoms with Crippen LogP contribution in [0.5, 0.6) is 0 Å². The molecule has 3 rings (SSSR count). The largest absolute Gasteiger partial charge is 0.321 e. The number of anilines is 1. The maximum absolute atomic E-state index is 12.5. The Bertz CT molecular complexity index is 965. The fourth-order valence-electron chi connectivity index (χ4n) is 3.08. The number of ketones is 1. The van der Waals surface area contributed by atoms with Crippen LogP contribution in [-0.4, -0.2) is 16.6 Å². The first-order valence-corrected chi connectivity index (χ1v) is 9.61. The van der Waals surface area contributed by atoms with Crippen molar-refractivity contribution in [2.45, 2.75) is 31.6 Å². The molecule has 0 spiro atoms. The van der Waals surface area contributed by atoms with Crippen LogP contribution in [-0.2, 0) is 4.79 Å². The number of rotatable bonds is 5. The molecule has 0 aromatic heterocycles.